The first kappa shape index (κ1) is 20.2. The second-order valence-corrected chi connectivity index (χ2v) is 5.94. The molecule has 0 aliphatic carbocycles. The van der Waals surface area contributed by atoms with Crippen LogP contribution in [0.3, 0.4) is 0 Å². The Morgan fingerprint density at radius 3 is 2.91 bits per heavy atom. The normalized spacial score (nSPS) is 18.7. The zero-order valence-corrected chi connectivity index (χ0v) is 16.9. The number of likely N-dealkylation sites (tertiary alicyclic amines) is 1. The van der Waals surface area contributed by atoms with Crippen LogP contribution in [-0.2, 0) is 6.54 Å². The Kier molecular flexibility index (Phi) is 9.54. The minimum atomic E-state index is 0. The molecule has 1 atom stereocenters. The molecular weight excluding hydrogens is 403 g/mol. The number of guanidine groups is 1. The summed E-state index contributed by atoms with van der Waals surface area (Å²) in [6.07, 6.45) is 7.61. The van der Waals surface area contributed by atoms with E-state index in [2.05, 4.69) is 45.7 Å². The van der Waals surface area contributed by atoms with Crippen LogP contribution in [0.15, 0.2) is 17.4 Å². The van der Waals surface area contributed by atoms with Crippen molar-refractivity contribution in [2.75, 3.05) is 33.2 Å². The summed E-state index contributed by atoms with van der Waals surface area (Å²) in [5, 5.41) is 11.1. The van der Waals surface area contributed by atoms with Gasteiger partial charge in [0.05, 0.1) is 6.20 Å². The van der Waals surface area contributed by atoms with Gasteiger partial charge in [-0.25, -0.2) is 0 Å². The Bertz CT molecular complexity index is 473. The summed E-state index contributed by atoms with van der Waals surface area (Å²) in [7, 11) is 1.83. The van der Waals surface area contributed by atoms with Crippen molar-refractivity contribution in [3.05, 3.63) is 18.0 Å². The van der Waals surface area contributed by atoms with E-state index in [4.69, 9.17) is 0 Å². The van der Waals surface area contributed by atoms with Crippen molar-refractivity contribution in [3.8, 4) is 0 Å². The van der Waals surface area contributed by atoms with Crippen LogP contribution >= 0.6 is 24.0 Å². The van der Waals surface area contributed by atoms with Crippen molar-refractivity contribution >= 4 is 29.9 Å². The molecular formula is C16H31IN6. The number of hydrogen-bond acceptors (Lipinski definition) is 3. The number of aromatic nitrogens is 2. The van der Waals surface area contributed by atoms with E-state index in [-0.39, 0.29) is 24.0 Å². The van der Waals surface area contributed by atoms with E-state index in [9.17, 15) is 0 Å². The Morgan fingerprint density at radius 1 is 1.43 bits per heavy atom. The zero-order valence-electron chi connectivity index (χ0n) is 14.6. The molecule has 6 nitrogen and oxygen atoms in total. The Hall–Kier alpha value is -0.830. The van der Waals surface area contributed by atoms with Gasteiger partial charge in [-0.2, -0.15) is 5.10 Å². The second kappa shape index (κ2) is 10.9. The summed E-state index contributed by atoms with van der Waals surface area (Å²) in [6, 6.07) is 0.649. The molecule has 1 aromatic rings. The second-order valence-electron chi connectivity index (χ2n) is 5.94. The lowest BCUT2D eigenvalue weighted by Gasteiger charge is -2.23. The van der Waals surface area contributed by atoms with Gasteiger partial charge < -0.3 is 10.6 Å². The average molecular weight is 434 g/mol. The number of halogens is 1. The van der Waals surface area contributed by atoms with E-state index < -0.39 is 0 Å². The van der Waals surface area contributed by atoms with Crippen molar-refractivity contribution in [2.24, 2.45) is 4.99 Å². The molecule has 0 aromatic carbocycles. The van der Waals surface area contributed by atoms with Gasteiger partial charge in [0.15, 0.2) is 5.96 Å². The highest BCUT2D eigenvalue weighted by molar-refractivity contribution is 14.0. The van der Waals surface area contributed by atoms with Gasteiger partial charge in [0.2, 0.25) is 0 Å². The predicted molar refractivity (Wildman–Crippen MR) is 107 cm³/mol. The fraction of sp³-hybridized carbons (Fsp3) is 0.750. The first-order valence-electron chi connectivity index (χ1n) is 8.40. The molecule has 7 heteroatoms. The predicted octanol–water partition coefficient (Wildman–Crippen LogP) is 1.85. The van der Waals surface area contributed by atoms with Crippen LogP contribution in [0.5, 0.6) is 0 Å². The number of rotatable bonds is 7. The summed E-state index contributed by atoms with van der Waals surface area (Å²) in [5.74, 6) is 0.902. The third-order valence-electron chi connectivity index (χ3n) is 4.25. The molecule has 2 N–H and O–H groups in total. The molecule has 1 aliphatic heterocycles. The summed E-state index contributed by atoms with van der Waals surface area (Å²) in [5.41, 5.74) is 1.21. The van der Waals surface area contributed by atoms with Crippen LogP contribution in [-0.4, -0.2) is 59.9 Å². The monoisotopic (exact) mass is 434 g/mol. The van der Waals surface area contributed by atoms with Gasteiger partial charge in [0.25, 0.3) is 0 Å². The Morgan fingerprint density at radius 2 is 2.26 bits per heavy atom. The number of nitrogens with one attached hydrogen (secondary N) is 2. The van der Waals surface area contributed by atoms with E-state index >= 15 is 0 Å². The van der Waals surface area contributed by atoms with E-state index in [0.717, 1.165) is 38.6 Å². The smallest absolute Gasteiger partial charge is 0.191 e. The summed E-state index contributed by atoms with van der Waals surface area (Å²) < 4.78 is 1.99. The van der Waals surface area contributed by atoms with Crippen LogP contribution < -0.4 is 10.6 Å². The summed E-state index contributed by atoms with van der Waals surface area (Å²) >= 11 is 0. The van der Waals surface area contributed by atoms with Crippen LogP contribution in [0.2, 0.25) is 0 Å². The molecule has 1 fully saturated rings. The molecule has 0 bridgehead atoms. The molecule has 1 aliphatic rings. The van der Waals surface area contributed by atoms with Crippen LogP contribution in [0.4, 0.5) is 0 Å². The van der Waals surface area contributed by atoms with Crippen molar-refractivity contribution in [1.29, 1.82) is 0 Å². The zero-order chi connectivity index (χ0) is 15.8. The summed E-state index contributed by atoms with van der Waals surface area (Å²) in [4.78, 5) is 6.84. The average Bonchev–Trinajstić information content (AvgIpc) is 3.15. The Labute approximate surface area is 157 Å². The highest BCUT2D eigenvalue weighted by Crippen LogP contribution is 2.15. The molecule has 1 saturated heterocycles. The third-order valence-corrected chi connectivity index (χ3v) is 4.25. The maximum Gasteiger partial charge on any atom is 0.191 e. The van der Waals surface area contributed by atoms with E-state index in [1.54, 1.807) is 0 Å². The first-order valence-corrected chi connectivity index (χ1v) is 8.40. The van der Waals surface area contributed by atoms with Gasteiger partial charge in [0.1, 0.15) is 0 Å². The highest BCUT2D eigenvalue weighted by atomic mass is 127. The molecule has 2 heterocycles. The standard InChI is InChI=1S/C16H30N6.HI/c1-4-21-9-5-7-15(21)12-19-16(17-3)18-8-6-10-22-13-14(2)11-20-22;/h11,13,15H,4-10,12H2,1-3H3,(H2,17,18,19);1H. The third kappa shape index (κ3) is 6.66. The van der Waals surface area contributed by atoms with Crippen LogP contribution in [0, 0.1) is 6.92 Å². The van der Waals surface area contributed by atoms with Crippen molar-refractivity contribution in [3.63, 3.8) is 0 Å². The molecule has 0 radical (unpaired) electrons. The maximum absolute atomic E-state index is 4.30. The minimum Gasteiger partial charge on any atom is -0.356 e. The molecule has 1 unspecified atom stereocenters. The fourth-order valence-electron chi connectivity index (χ4n) is 3.01. The number of aryl methyl sites for hydroxylation is 2. The molecule has 2 rings (SSSR count). The maximum atomic E-state index is 4.30. The van der Waals surface area contributed by atoms with Gasteiger partial charge in [-0.15, -0.1) is 24.0 Å². The SMILES string of the molecule is CCN1CCCC1CNC(=NC)NCCCn1cc(C)cn1.I. The molecule has 0 amide bonds. The molecule has 23 heavy (non-hydrogen) atoms. The minimum absolute atomic E-state index is 0. The number of nitrogens with zero attached hydrogens (tertiary/aromatic N) is 4. The molecule has 0 saturated carbocycles. The molecule has 1 aromatic heterocycles. The van der Waals surface area contributed by atoms with E-state index in [1.165, 1.54) is 24.9 Å². The largest absolute Gasteiger partial charge is 0.356 e. The quantitative estimate of drug-likeness (QED) is 0.298. The van der Waals surface area contributed by atoms with Crippen LogP contribution in [0.1, 0.15) is 31.7 Å². The van der Waals surface area contributed by atoms with E-state index in [0.29, 0.717) is 6.04 Å². The Balaban J connectivity index is 0.00000264. The molecule has 0 spiro atoms. The van der Waals surface area contributed by atoms with Crippen molar-refractivity contribution in [1.82, 2.24) is 25.3 Å². The van der Waals surface area contributed by atoms with Gasteiger partial charge in [-0.3, -0.25) is 14.6 Å². The number of aliphatic imine (C=N–C) groups is 1. The van der Waals surface area contributed by atoms with Gasteiger partial charge >= 0.3 is 0 Å². The molecule has 132 valence electrons. The van der Waals surface area contributed by atoms with Gasteiger partial charge in [-0.1, -0.05) is 6.92 Å². The van der Waals surface area contributed by atoms with E-state index in [1.807, 2.05) is 17.9 Å². The number of likely N-dealkylation sites (N-methyl/N-ethyl adjacent to an activating group) is 1. The topological polar surface area (TPSA) is 57.5 Å². The van der Waals surface area contributed by atoms with Crippen molar-refractivity contribution in [2.45, 2.75) is 45.7 Å². The van der Waals surface area contributed by atoms with Gasteiger partial charge in [0, 0.05) is 38.9 Å². The lowest BCUT2D eigenvalue weighted by Crippen LogP contribution is -2.45. The highest BCUT2D eigenvalue weighted by Gasteiger charge is 2.22. The fourth-order valence-corrected chi connectivity index (χ4v) is 3.01. The number of hydrogen-bond donors (Lipinski definition) is 2. The van der Waals surface area contributed by atoms with Gasteiger partial charge in [-0.05, 0) is 44.8 Å². The lowest BCUT2D eigenvalue weighted by molar-refractivity contribution is 0.267. The lowest BCUT2D eigenvalue weighted by atomic mass is 10.2. The first-order chi connectivity index (χ1) is 10.7. The van der Waals surface area contributed by atoms with Crippen molar-refractivity contribution < 1.29 is 0 Å². The summed E-state index contributed by atoms with van der Waals surface area (Å²) in [6.45, 7) is 9.50. The van der Waals surface area contributed by atoms with Crippen LogP contribution in [0.25, 0.3) is 0 Å².